The van der Waals surface area contributed by atoms with Crippen molar-refractivity contribution in [3.8, 4) is 16.9 Å². The van der Waals surface area contributed by atoms with Crippen LogP contribution in [0.25, 0.3) is 11.1 Å². The number of nitrogens with zero attached hydrogens (tertiary/aromatic N) is 1. The number of hydrogen-bond donors (Lipinski definition) is 1. The van der Waals surface area contributed by atoms with Gasteiger partial charge in [0.25, 0.3) is 0 Å². The molecule has 1 N–H and O–H groups in total. The summed E-state index contributed by atoms with van der Waals surface area (Å²) in [6.45, 7) is 1.92. The fourth-order valence-electron chi connectivity index (χ4n) is 1.37. The molecule has 1 aromatic carbocycles. The average Bonchev–Trinajstić information content (AvgIpc) is 2.23. The lowest BCUT2D eigenvalue weighted by molar-refractivity contribution is 0.477. The summed E-state index contributed by atoms with van der Waals surface area (Å²) in [6, 6.07) is 8.77. The van der Waals surface area contributed by atoms with Crippen molar-refractivity contribution in [3.05, 3.63) is 47.2 Å². The van der Waals surface area contributed by atoms with Crippen LogP contribution in [0.15, 0.2) is 36.5 Å². The zero-order valence-corrected chi connectivity index (χ0v) is 8.99. The molecule has 0 saturated heterocycles. The molecule has 3 heteroatoms. The van der Waals surface area contributed by atoms with Gasteiger partial charge in [0.2, 0.25) is 0 Å². The predicted octanol–water partition coefficient (Wildman–Crippen LogP) is 3.42. The van der Waals surface area contributed by atoms with Crippen LogP contribution in [0.4, 0.5) is 0 Å². The number of halogens is 1. The molecule has 0 aliphatic rings. The summed E-state index contributed by atoms with van der Waals surface area (Å²) in [5, 5.41) is 10.3. The van der Waals surface area contributed by atoms with Gasteiger partial charge in [-0.25, -0.2) is 0 Å². The second-order valence-corrected chi connectivity index (χ2v) is 3.79. The lowest BCUT2D eigenvalue weighted by Crippen LogP contribution is -1.83. The zero-order valence-electron chi connectivity index (χ0n) is 8.24. The molecule has 2 rings (SSSR count). The van der Waals surface area contributed by atoms with Crippen LogP contribution in [0.2, 0.25) is 5.02 Å². The van der Waals surface area contributed by atoms with E-state index in [1.165, 1.54) is 0 Å². The van der Waals surface area contributed by atoms with Gasteiger partial charge in [-0.3, -0.25) is 4.98 Å². The van der Waals surface area contributed by atoms with Crippen LogP contribution in [-0.2, 0) is 0 Å². The molecule has 0 atom stereocenters. The Morgan fingerprint density at radius 2 is 2.00 bits per heavy atom. The number of pyridine rings is 1. The molecule has 0 saturated carbocycles. The maximum absolute atomic E-state index is 9.67. The molecule has 0 fully saturated rings. The van der Waals surface area contributed by atoms with Crippen LogP contribution in [0, 0.1) is 6.92 Å². The Labute approximate surface area is 93.2 Å². The Kier molecular flexibility index (Phi) is 2.60. The average molecular weight is 220 g/mol. The van der Waals surface area contributed by atoms with Crippen molar-refractivity contribution in [1.82, 2.24) is 4.98 Å². The van der Waals surface area contributed by atoms with Crippen molar-refractivity contribution in [2.24, 2.45) is 0 Å². The minimum absolute atomic E-state index is 0.213. The van der Waals surface area contributed by atoms with Crippen LogP contribution in [0.3, 0.4) is 0 Å². The van der Waals surface area contributed by atoms with Gasteiger partial charge in [0, 0.05) is 28.0 Å². The normalized spacial score (nSPS) is 10.3. The molecule has 0 spiro atoms. The first-order valence-electron chi connectivity index (χ1n) is 4.58. The monoisotopic (exact) mass is 219 g/mol. The van der Waals surface area contributed by atoms with E-state index in [4.69, 9.17) is 11.6 Å². The minimum Gasteiger partial charge on any atom is -0.507 e. The molecule has 0 amide bonds. The third-order valence-corrected chi connectivity index (χ3v) is 2.42. The second kappa shape index (κ2) is 3.91. The van der Waals surface area contributed by atoms with Crippen molar-refractivity contribution >= 4 is 11.6 Å². The molecule has 0 aliphatic carbocycles. The first-order chi connectivity index (χ1) is 7.16. The number of phenolic OH excluding ortho intramolecular Hbond substituents is 1. The van der Waals surface area contributed by atoms with Gasteiger partial charge in [-0.15, -0.1) is 0 Å². The van der Waals surface area contributed by atoms with Gasteiger partial charge in [0.1, 0.15) is 5.75 Å². The fraction of sp³-hybridized carbons (Fsp3) is 0.0833. The van der Waals surface area contributed by atoms with Gasteiger partial charge in [0.15, 0.2) is 0 Å². The summed E-state index contributed by atoms with van der Waals surface area (Å²) in [5.41, 5.74) is 2.51. The zero-order chi connectivity index (χ0) is 10.8. The SMILES string of the molecule is Cc1ccc(-c2cc(Cl)ccc2O)cn1. The molecule has 0 bridgehead atoms. The van der Waals surface area contributed by atoms with Crippen LogP contribution in [0.1, 0.15) is 5.69 Å². The van der Waals surface area contributed by atoms with Crippen molar-refractivity contribution in [1.29, 1.82) is 0 Å². The quantitative estimate of drug-likeness (QED) is 0.797. The van der Waals surface area contributed by atoms with E-state index in [1.54, 1.807) is 24.4 Å². The molecule has 1 heterocycles. The molecule has 2 aromatic rings. The molecule has 0 unspecified atom stereocenters. The van der Waals surface area contributed by atoms with Crippen molar-refractivity contribution in [2.75, 3.05) is 0 Å². The van der Waals surface area contributed by atoms with Crippen LogP contribution in [-0.4, -0.2) is 10.1 Å². The summed E-state index contributed by atoms with van der Waals surface area (Å²) >= 11 is 5.87. The summed E-state index contributed by atoms with van der Waals surface area (Å²) in [4.78, 5) is 4.17. The number of aromatic nitrogens is 1. The third-order valence-electron chi connectivity index (χ3n) is 2.18. The predicted molar refractivity (Wildman–Crippen MR) is 61.1 cm³/mol. The van der Waals surface area contributed by atoms with Gasteiger partial charge in [-0.1, -0.05) is 17.7 Å². The van der Waals surface area contributed by atoms with Crippen LogP contribution < -0.4 is 0 Å². The van der Waals surface area contributed by atoms with Gasteiger partial charge in [-0.05, 0) is 31.2 Å². The summed E-state index contributed by atoms with van der Waals surface area (Å²) in [7, 11) is 0. The maximum atomic E-state index is 9.67. The van der Waals surface area contributed by atoms with Crippen LogP contribution in [0.5, 0.6) is 5.75 Å². The van der Waals surface area contributed by atoms with E-state index in [2.05, 4.69) is 4.98 Å². The minimum atomic E-state index is 0.213. The molecular formula is C12H10ClNO. The van der Waals surface area contributed by atoms with E-state index in [1.807, 2.05) is 19.1 Å². The third kappa shape index (κ3) is 2.10. The van der Waals surface area contributed by atoms with E-state index in [-0.39, 0.29) is 5.75 Å². The lowest BCUT2D eigenvalue weighted by atomic mass is 10.1. The highest BCUT2D eigenvalue weighted by molar-refractivity contribution is 6.30. The molecule has 76 valence electrons. The number of phenols is 1. The molecule has 2 nitrogen and oxygen atoms in total. The van der Waals surface area contributed by atoms with E-state index in [0.717, 1.165) is 11.3 Å². The number of aromatic hydroxyl groups is 1. The maximum Gasteiger partial charge on any atom is 0.123 e. The molecule has 0 aliphatic heterocycles. The largest absolute Gasteiger partial charge is 0.507 e. The summed E-state index contributed by atoms with van der Waals surface area (Å²) in [6.07, 6.45) is 1.72. The van der Waals surface area contributed by atoms with Gasteiger partial charge >= 0.3 is 0 Å². The summed E-state index contributed by atoms with van der Waals surface area (Å²) in [5.74, 6) is 0.213. The van der Waals surface area contributed by atoms with E-state index in [9.17, 15) is 5.11 Å². The van der Waals surface area contributed by atoms with E-state index >= 15 is 0 Å². The van der Waals surface area contributed by atoms with Gasteiger partial charge in [0.05, 0.1) is 0 Å². The Balaban J connectivity index is 2.53. The molecule has 1 aromatic heterocycles. The Morgan fingerprint density at radius 3 is 2.67 bits per heavy atom. The first-order valence-corrected chi connectivity index (χ1v) is 4.96. The molecular weight excluding hydrogens is 210 g/mol. The second-order valence-electron chi connectivity index (χ2n) is 3.35. The van der Waals surface area contributed by atoms with Crippen molar-refractivity contribution in [3.63, 3.8) is 0 Å². The highest BCUT2D eigenvalue weighted by Gasteiger charge is 2.04. The topological polar surface area (TPSA) is 33.1 Å². The number of aryl methyl sites for hydroxylation is 1. The van der Waals surface area contributed by atoms with E-state index < -0.39 is 0 Å². The molecule has 0 radical (unpaired) electrons. The Morgan fingerprint density at radius 1 is 1.20 bits per heavy atom. The Hall–Kier alpha value is -1.54. The van der Waals surface area contributed by atoms with E-state index in [0.29, 0.717) is 10.6 Å². The molecule has 15 heavy (non-hydrogen) atoms. The number of hydrogen-bond acceptors (Lipinski definition) is 2. The highest BCUT2D eigenvalue weighted by atomic mass is 35.5. The first kappa shape index (κ1) is 9.99. The van der Waals surface area contributed by atoms with Gasteiger partial charge < -0.3 is 5.11 Å². The highest BCUT2D eigenvalue weighted by Crippen LogP contribution is 2.30. The fourth-order valence-corrected chi connectivity index (χ4v) is 1.54. The van der Waals surface area contributed by atoms with Crippen LogP contribution >= 0.6 is 11.6 Å². The number of benzene rings is 1. The smallest absolute Gasteiger partial charge is 0.123 e. The lowest BCUT2D eigenvalue weighted by Gasteiger charge is -2.05. The van der Waals surface area contributed by atoms with Gasteiger partial charge in [-0.2, -0.15) is 0 Å². The Bertz CT molecular complexity index is 479. The standard InChI is InChI=1S/C12H10ClNO/c1-8-2-3-9(7-14-8)11-6-10(13)4-5-12(11)15/h2-7,15H,1H3. The number of rotatable bonds is 1. The van der Waals surface area contributed by atoms with Crippen molar-refractivity contribution < 1.29 is 5.11 Å². The summed E-state index contributed by atoms with van der Waals surface area (Å²) < 4.78 is 0. The van der Waals surface area contributed by atoms with Crippen molar-refractivity contribution in [2.45, 2.75) is 6.92 Å².